The van der Waals surface area contributed by atoms with E-state index in [2.05, 4.69) is 17.2 Å². The number of hydrogen-bond donors (Lipinski definition) is 1. The van der Waals surface area contributed by atoms with Gasteiger partial charge in [0.1, 0.15) is 0 Å². The van der Waals surface area contributed by atoms with Gasteiger partial charge in [0.25, 0.3) is 0 Å². The molecule has 0 atom stereocenters. The zero-order valence-corrected chi connectivity index (χ0v) is 10.7. The largest absolute Gasteiger partial charge is 0.481 e. The maximum atomic E-state index is 5.45. The predicted octanol–water partition coefficient (Wildman–Crippen LogP) is 2.00. The fourth-order valence-electron chi connectivity index (χ4n) is 1.36. The quantitative estimate of drug-likeness (QED) is 0.668. The summed E-state index contributed by atoms with van der Waals surface area (Å²) in [5.41, 5.74) is 1.15. The summed E-state index contributed by atoms with van der Waals surface area (Å²) in [5, 5.41) is 3.31. The van der Waals surface area contributed by atoms with Crippen LogP contribution in [0.3, 0.4) is 0 Å². The minimum absolute atomic E-state index is 0.650. The van der Waals surface area contributed by atoms with Crippen molar-refractivity contribution in [1.82, 2.24) is 10.3 Å². The number of ether oxygens (including phenoxy) is 2. The number of nitrogens with one attached hydrogen (secondary N) is 1. The molecular formula is C13H22N2O2. The summed E-state index contributed by atoms with van der Waals surface area (Å²) in [7, 11) is 1.62. The molecule has 17 heavy (non-hydrogen) atoms. The zero-order chi connectivity index (χ0) is 12.3. The second kappa shape index (κ2) is 8.96. The Kier molecular flexibility index (Phi) is 7.34. The number of rotatable bonds is 9. The smallest absolute Gasteiger partial charge is 0.212 e. The van der Waals surface area contributed by atoms with Crippen LogP contribution in [0, 0.1) is 0 Å². The Morgan fingerprint density at radius 2 is 2.18 bits per heavy atom. The normalized spacial score (nSPS) is 10.5. The summed E-state index contributed by atoms with van der Waals surface area (Å²) in [6.45, 7) is 5.48. The molecule has 1 rings (SSSR count). The summed E-state index contributed by atoms with van der Waals surface area (Å²) < 4.78 is 10.4. The number of pyridine rings is 1. The highest BCUT2D eigenvalue weighted by Crippen LogP contribution is 2.05. The summed E-state index contributed by atoms with van der Waals surface area (Å²) >= 11 is 0. The molecule has 0 aromatic carbocycles. The molecule has 96 valence electrons. The van der Waals surface area contributed by atoms with Gasteiger partial charge >= 0.3 is 0 Å². The van der Waals surface area contributed by atoms with Crippen molar-refractivity contribution in [3.05, 3.63) is 23.9 Å². The molecule has 0 fully saturated rings. The van der Waals surface area contributed by atoms with Gasteiger partial charge in [0.05, 0.1) is 13.7 Å². The van der Waals surface area contributed by atoms with E-state index in [1.165, 1.54) is 6.42 Å². The fraction of sp³-hybridized carbons (Fsp3) is 0.615. The third-order valence-corrected chi connectivity index (χ3v) is 2.40. The third-order valence-electron chi connectivity index (χ3n) is 2.40. The predicted molar refractivity (Wildman–Crippen MR) is 68.2 cm³/mol. The highest BCUT2D eigenvalue weighted by Gasteiger charge is 1.95. The lowest BCUT2D eigenvalue weighted by Gasteiger charge is -2.06. The minimum atomic E-state index is 0.650. The highest BCUT2D eigenvalue weighted by atomic mass is 16.5. The van der Waals surface area contributed by atoms with Crippen molar-refractivity contribution in [2.75, 3.05) is 26.9 Å². The molecule has 1 aromatic rings. The Balaban J connectivity index is 2.05. The van der Waals surface area contributed by atoms with Crippen LogP contribution in [0.2, 0.25) is 0 Å². The van der Waals surface area contributed by atoms with Crippen LogP contribution in [0.5, 0.6) is 5.88 Å². The molecule has 0 radical (unpaired) electrons. The lowest BCUT2D eigenvalue weighted by molar-refractivity contribution is 0.133. The van der Waals surface area contributed by atoms with Gasteiger partial charge in [0.15, 0.2) is 0 Å². The van der Waals surface area contributed by atoms with Crippen LogP contribution >= 0.6 is 0 Å². The second-order valence-electron chi connectivity index (χ2n) is 3.85. The van der Waals surface area contributed by atoms with E-state index in [1.54, 1.807) is 7.11 Å². The molecule has 4 nitrogen and oxygen atoms in total. The van der Waals surface area contributed by atoms with E-state index in [9.17, 15) is 0 Å². The van der Waals surface area contributed by atoms with E-state index >= 15 is 0 Å². The standard InChI is InChI=1S/C13H22N2O2/c1-3-4-8-17-9-7-14-10-12-5-6-13(16-2)15-11-12/h5-6,11,14H,3-4,7-10H2,1-2H3. The van der Waals surface area contributed by atoms with Gasteiger partial charge in [-0.25, -0.2) is 4.98 Å². The molecular weight excluding hydrogens is 216 g/mol. The summed E-state index contributed by atoms with van der Waals surface area (Å²) in [4.78, 5) is 4.14. The average Bonchev–Trinajstić information content (AvgIpc) is 2.38. The molecule has 4 heteroatoms. The first-order valence-corrected chi connectivity index (χ1v) is 6.14. The minimum Gasteiger partial charge on any atom is -0.481 e. The first kappa shape index (κ1) is 13.9. The SMILES string of the molecule is CCCCOCCNCc1ccc(OC)nc1. The van der Waals surface area contributed by atoms with Crippen molar-refractivity contribution in [2.45, 2.75) is 26.3 Å². The van der Waals surface area contributed by atoms with Crippen LogP contribution in [0.25, 0.3) is 0 Å². The van der Waals surface area contributed by atoms with Crippen molar-refractivity contribution in [2.24, 2.45) is 0 Å². The van der Waals surface area contributed by atoms with E-state index in [-0.39, 0.29) is 0 Å². The lowest BCUT2D eigenvalue weighted by atomic mass is 10.3. The van der Waals surface area contributed by atoms with Crippen LogP contribution in [-0.2, 0) is 11.3 Å². The molecule has 0 spiro atoms. The Bertz CT molecular complexity index is 288. The number of hydrogen-bond acceptors (Lipinski definition) is 4. The van der Waals surface area contributed by atoms with E-state index in [0.717, 1.165) is 38.3 Å². The van der Waals surface area contributed by atoms with E-state index < -0.39 is 0 Å². The Morgan fingerprint density at radius 1 is 1.29 bits per heavy atom. The maximum absolute atomic E-state index is 5.45. The summed E-state index contributed by atoms with van der Waals surface area (Å²) in [6.07, 6.45) is 4.15. The van der Waals surface area contributed by atoms with Gasteiger partial charge in [-0.3, -0.25) is 0 Å². The molecule has 0 aliphatic rings. The van der Waals surface area contributed by atoms with Crippen LogP contribution in [0.4, 0.5) is 0 Å². The van der Waals surface area contributed by atoms with Gasteiger partial charge in [0, 0.05) is 32.0 Å². The van der Waals surface area contributed by atoms with Gasteiger partial charge in [-0.1, -0.05) is 19.4 Å². The zero-order valence-electron chi connectivity index (χ0n) is 10.7. The van der Waals surface area contributed by atoms with Crippen molar-refractivity contribution >= 4 is 0 Å². The van der Waals surface area contributed by atoms with Crippen molar-refractivity contribution in [3.63, 3.8) is 0 Å². The first-order chi connectivity index (χ1) is 8.36. The molecule has 0 aliphatic carbocycles. The number of methoxy groups -OCH3 is 1. The van der Waals surface area contributed by atoms with Gasteiger partial charge < -0.3 is 14.8 Å². The maximum Gasteiger partial charge on any atom is 0.212 e. The van der Waals surface area contributed by atoms with Crippen LogP contribution < -0.4 is 10.1 Å². The molecule has 0 saturated carbocycles. The van der Waals surface area contributed by atoms with Crippen molar-refractivity contribution in [3.8, 4) is 5.88 Å². The Hall–Kier alpha value is -1.13. The van der Waals surface area contributed by atoms with E-state index in [1.807, 2.05) is 18.3 Å². The highest BCUT2D eigenvalue weighted by molar-refractivity contribution is 5.17. The number of nitrogens with zero attached hydrogens (tertiary/aromatic N) is 1. The topological polar surface area (TPSA) is 43.4 Å². The van der Waals surface area contributed by atoms with Crippen molar-refractivity contribution in [1.29, 1.82) is 0 Å². The van der Waals surface area contributed by atoms with Gasteiger partial charge in [-0.15, -0.1) is 0 Å². The number of unbranched alkanes of at least 4 members (excludes halogenated alkanes) is 1. The molecule has 0 amide bonds. The first-order valence-electron chi connectivity index (χ1n) is 6.14. The summed E-state index contributed by atoms with van der Waals surface area (Å²) in [5.74, 6) is 0.650. The Labute approximate surface area is 103 Å². The third kappa shape index (κ3) is 6.24. The Morgan fingerprint density at radius 3 is 2.82 bits per heavy atom. The summed E-state index contributed by atoms with van der Waals surface area (Å²) in [6, 6.07) is 3.88. The lowest BCUT2D eigenvalue weighted by Crippen LogP contribution is -2.19. The second-order valence-corrected chi connectivity index (χ2v) is 3.85. The van der Waals surface area contributed by atoms with E-state index in [4.69, 9.17) is 9.47 Å². The van der Waals surface area contributed by atoms with Crippen LogP contribution in [-0.4, -0.2) is 31.9 Å². The van der Waals surface area contributed by atoms with Crippen molar-refractivity contribution < 1.29 is 9.47 Å². The molecule has 0 aliphatic heterocycles. The fourth-order valence-corrected chi connectivity index (χ4v) is 1.36. The molecule has 1 aromatic heterocycles. The molecule has 0 bridgehead atoms. The van der Waals surface area contributed by atoms with Gasteiger partial charge in [-0.05, 0) is 12.0 Å². The van der Waals surface area contributed by atoms with Gasteiger partial charge in [0.2, 0.25) is 5.88 Å². The average molecular weight is 238 g/mol. The molecule has 1 heterocycles. The van der Waals surface area contributed by atoms with Crippen LogP contribution in [0.1, 0.15) is 25.3 Å². The molecule has 0 unspecified atom stereocenters. The number of aromatic nitrogens is 1. The van der Waals surface area contributed by atoms with Gasteiger partial charge in [-0.2, -0.15) is 0 Å². The van der Waals surface area contributed by atoms with Crippen LogP contribution in [0.15, 0.2) is 18.3 Å². The molecule has 0 saturated heterocycles. The van der Waals surface area contributed by atoms with E-state index in [0.29, 0.717) is 5.88 Å². The molecule has 1 N–H and O–H groups in total. The monoisotopic (exact) mass is 238 g/mol.